The van der Waals surface area contributed by atoms with E-state index in [1.54, 1.807) is 0 Å². The highest BCUT2D eigenvalue weighted by Crippen LogP contribution is 2.12. The van der Waals surface area contributed by atoms with Crippen molar-refractivity contribution in [1.82, 2.24) is 4.90 Å². The number of anilines is 1. The van der Waals surface area contributed by atoms with Crippen molar-refractivity contribution in [3.05, 3.63) is 29.8 Å². The van der Waals surface area contributed by atoms with E-state index in [2.05, 4.69) is 13.8 Å². The third kappa shape index (κ3) is 6.09. The minimum atomic E-state index is 0.269. The Bertz CT molecular complexity index is 404. The van der Waals surface area contributed by atoms with Gasteiger partial charge in [-0.05, 0) is 30.5 Å². The molecule has 0 radical (unpaired) electrons. The molecule has 0 saturated heterocycles. The fourth-order valence-corrected chi connectivity index (χ4v) is 2.33. The molecule has 1 rings (SSSR count). The second-order valence-electron chi connectivity index (χ2n) is 5.37. The second-order valence-corrected chi connectivity index (χ2v) is 5.37. The lowest BCUT2D eigenvalue weighted by Crippen LogP contribution is -2.31. The quantitative estimate of drug-likeness (QED) is 0.548. The number of carbonyl (C=O) groups is 1. The van der Waals surface area contributed by atoms with Crippen LogP contribution < -0.4 is 5.73 Å². The number of benzene rings is 1. The monoisotopic (exact) mass is 276 g/mol. The SMILES string of the molecule is CCCCCCC(=O)N(CCC)Cc1cccc(N)c1. The summed E-state index contributed by atoms with van der Waals surface area (Å²) in [6.07, 6.45) is 6.24. The van der Waals surface area contributed by atoms with Gasteiger partial charge in [0.25, 0.3) is 0 Å². The molecule has 0 fully saturated rings. The summed E-state index contributed by atoms with van der Waals surface area (Å²) in [5, 5.41) is 0. The minimum Gasteiger partial charge on any atom is -0.399 e. The van der Waals surface area contributed by atoms with Gasteiger partial charge in [-0.1, -0.05) is 45.2 Å². The van der Waals surface area contributed by atoms with E-state index in [1.165, 1.54) is 12.8 Å². The Labute approximate surface area is 123 Å². The van der Waals surface area contributed by atoms with Crippen molar-refractivity contribution in [3.63, 3.8) is 0 Å². The first-order valence-corrected chi connectivity index (χ1v) is 7.79. The van der Waals surface area contributed by atoms with Gasteiger partial charge in [0.2, 0.25) is 5.91 Å². The van der Waals surface area contributed by atoms with Crippen molar-refractivity contribution in [2.24, 2.45) is 0 Å². The fraction of sp³-hybridized carbons (Fsp3) is 0.588. The van der Waals surface area contributed by atoms with Crippen LogP contribution in [0.5, 0.6) is 0 Å². The number of hydrogen-bond donors (Lipinski definition) is 1. The predicted molar refractivity (Wildman–Crippen MR) is 85.3 cm³/mol. The van der Waals surface area contributed by atoms with Crippen LogP contribution in [0.1, 0.15) is 57.9 Å². The third-order valence-corrected chi connectivity index (χ3v) is 3.41. The Hall–Kier alpha value is -1.51. The first-order valence-electron chi connectivity index (χ1n) is 7.79. The van der Waals surface area contributed by atoms with Gasteiger partial charge >= 0.3 is 0 Å². The molecular formula is C17H28N2O. The lowest BCUT2D eigenvalue weighted by atomic mass is 10.1. The number of nitrogen functional groups attached to an aromatic ring is 1. The summed E-state index contributed by atoms with van der Waals surface area (Å²) in [6.45, 7) is 5.79. The first-order chi connectivity index (χ1) is 9.67. The van der Waals surface area contributed by atoms with Crippen molar-refractivity contribution in [2.75, 3.05) is 12.3 Å². The van der Waals surface area contributed by atoms with E-state index < -0.39 is 0 Å². The Balaban J connectivity index is 2.52. The van der Waals surface area contributed by atoms with Gasteiger partial charge in [0, 0.05) is 25.2 Å². The van der Waals surface area contributed by atoms with E-state index in [-0.39, 0.29) is 5.91 Å². The molecule has 0 saturated carbocycles. The Morgan fingerprint density at radius 1 is 1.15 bits per heavy atom. The Kier molecular flexibility index (Phi) is 7.78. The summed E-state index contributed by atoms with van der Waals surface area (Å²) in [5.74, 6) is 0.269. The van der Waals surface area contributed by atoms with Gasteiger partial charge in [-0.15, -0.1) is 0 Å². The van der Waals surface area contributed by atoms with E-state index in [9.17, 15) is 4.79 Å². The topological polar surface area (TPSA) is 46.3 Å². The molecule has 0 bridgehead atoms. The predicted octanol–water partition coefficient (Wildman–Crippen LogP) is 3.98. The normalized spacial score (nSPS) is 10.5. The molecule has 0 aliphatic rings. The van der Waals surface area contributed by atoms with Gasteiger partial charge in [-0.25, -0.2) is 0 Å². The zero-order valence-corrected chi connectivity index (χ0v) is 12.9. The van der Waals surface area contributed by atoms with Crippen molar-refractivity contribution < 1.29 is 4.79 Å². The molecule has 1 amide bonds. The number of unbranched alkanes of at least 4 members (excludes halogenated alkanes) is 3. The van der Waals surface area contributed by atoms with Crippen LogP contribution in [0, 0.1) is 0 Å². The first kappa shape index (κ1) is 16.5. The summed E-state index contributed by atoms with van der Waals surface area (Å²) in [5.41, 5.74) is 7.66. The van der Waals surface area contributed by atoms with E-state index in [0.29, 0.717) is 13.0 Å². The molecule has 0 atom stereocenters. The van der Waals surface area contributed by atoms with Gasteiger partial charge in [0.1, 0.15) is 0 Å². The molecule has 0 unspecified atom stereocenters. The van der Waals surface area contributed by atoms with Gasteiger partial charge in [-0.3, -0.25) is 4.79 Å². The lowest BCUT2D eigenvalue weighted by molar-refractivity contribution is -0.132. The third-order valence-electron chi connectivity index (χ3n) is 3.41. The van der Waals surface area contributed by atoms with Gasteiger partial charge < -0.3 is 10.6 Å². The summed E-state index contributed by atoms with van der Waals surface area (Å²) in [7, 11) is 0. The van der Waals surface area contributed by atoms with E-state index >= 15 is 0 Å². The average molecular weight is 276 g/mol. The standard InChI is InChI=1S/C17H28N2O/c1-3-5-6-7-11-17(20)19(12-4-2)14-15-9-8-10-16(18)13-15/h8-10,13H,3-7,11-12,14,18H2,1-2H3. The number of nitrogens with two attached hydrogens (primary N) is 1. The fourth-order valence-electron chi connectivity index (χ4n) is 2.33. The number of carbonyl (C=O) groups excluding carboxylic acids is 1. The van der Waals surface area contributed by atoms with Crippen molar-refractivity contribution in [2.45, 2.75) is 58.9 Å². The van der Waals surface area contributed by atoms with Crippen LogP contribution in [-0.2, 0) is 11.3 Å². The molecule has 112 valence electrons. The zero-order valence-electron chi connectivity index (χ0n) is 12.9. The van der Waals surface area contributed by atoms with Gasteiger partial charge in [0.15, 0.2) is 0 Å². The van der Waals surface area contributed by atoms with Crippen LogP contribution >= 0.6 is 0 Å². The molecule has 0 aliphatic heterocycles. The molecule has 20 heavy (non-hydrogen) atoms. The molecule has 0 aromatic heterocycles. The highest BCUT2D eigenvalue weighted by Gasteiger charge is 2.12. The smallest absolute Gasteiger partial charge is 0.222 e. The maximum Gasteiger partial charge on any atom is 0.222 e. The average Bonchev–Trinajstić information content (AvgIpc) is 2.43. The molecule has 3 nitrogen and oxygen atoms in total. The van der Waals surface area contributed by atoms with Crippen molar-refractivity contribution in [3.8, 4) is 0 Å². The zero-order chi connectivity index (χ0) is 14.8. The Morgan fingerprint density at radius 2 is 1.95 bits per heavy atom. The number of rotatable bonds is 9. The highest BCUT2D eigenvalue weighted by molar-refractivity contribution is 5.76. The molecule has 0 aliphatic carbocycles. The maximum absolute atomic E-state index is 12.3. The molecular weight excluding hydrogens is 248 g/mol. The summed E-state index contributed by atoms with van der Waals surface area (Å²) < 4.78 is 0. The van der Waals surface area contributed by atoms with E-state index in [0.717, 1.165) is 37.1 Å². The van der Waals surface area contributed by atoms with Crippen molar-refractivity contribution in [1.29, 1.82) is 0 Å². The number of nitrogens with zero attached hydrogens (tertiary/aromatic N) is 1. The molecule has 1 aromatic rings. The van der Waals surface area contributed by atoms with Crippen molar-refractivity contribution >= 4 is 11.6 Å². The molecule has 0 spiro atoms. The van der Waals surface area contributed by atoms with Crippen LogP contribution in [-0.4, -0.2) is 17.4 Å². The van der Waals surface area contributed by atoms with Gasteiger partial charge in [0.05, 0.1) is 0 Å². The van der Waals surface area contributed by atoms with Crippen LogP contribution in [0.2, 0.25) is 0 Å². The summed E-state index contributed by atoms with van der Waals surface area (Å²) in [4.78, 5) is 14.2. The van der Waals surface area contributed by atoms with E-state index in [4.69, 9.17) is 5.73 Å². The largest absolute Gasteiger partial charge is 0.399 e. The van der Waals surface area contributed by atoms with Crippen LogP contribution in [0.25, 0.3) is 0 Å². The van der Waals surface area contributed by atoms with Crippen LogP contribution in [0.4, 0.5) is 5.69 Å². The van der Waals surface area contributed by atoms with E-state index in [1.807, 2.05) is 29.2 Å². The van der Waals surface area contributed by atoms with Crippen LogP contribution in [0.15, 0.2) is 24.3 Å². The Morgan fingerprint density at radius 3 is 2.60 bits per heavy atom. The minimum absolute atomic E-state index is 0.269. The summed E-state index contributed by atoms with van der Waals surface area (Å²) >= 11 is 0. The second kappa shape index (κ2) is 9.40. The molecule has 0 heterocycles. The number of amides is 1. The highest BCUT2D eigenvalue weighted by atomic mass is 16.2. The summed E-state index contributed by atoms with van der Waals surface area (Å²) in [6, 6.07) is 7.80. The van der Waals surface area contributed by atoms with Gasteiger partial charge in [-0.2, -0.15) is 0 Å². The molecule has 1 aromatic carbocycles. The maximum atomic E-state index is 12.3. The molecule has 3 heteroatoms. The number of hydrogen-bond acceptors (Lipinski definition) is 2. The lowest BCUT2D eigenvalue weighted by Gasteiger charge is -2.22. The van der Waals surface area contributed by atoms with Crippen LogP contribution in [0.3, 0.4) is 0 Å². The molecule has 2 N–H and O–H groups in total.